The number of hydrogen-bond acceptors (Lipinski definition) is 1. The van der Waals surface area contributed by atoms with Crippen LogP contribution >= 0.6 is 0 Å². The molecule has 0 aromatic heterocycles. The molecule has 2 aliphatic carbocycles. The zero-order valence-electron chi connectivity index (χ0n) is 19.5. The van der Waals surface area contributed by atoms with Crippen molar-refractivity contribution in [2.45, 2.75) is 102 Å². The molecule has 3 heteroatoms. The highest BCUT2D eigenvalue weighted by Crippen LogP contribution is 2.53. The minimum Gasteiger partial charge on any atom is -0.454 e. The van der Waals surface area contributed by atoms with Crippen LogP contribution in [0.2, 0.25) is 35.3 Å². The number of allylic oxidation sites excluding steroid dienone is 2. The van der Waals surface area contributed by atoms with Crippen molar-refractivity contribution >= 4 is 16.6 Å². The molecule has 6 unspecified atom stereocenters. The number of rotatable bonds is 10. The van der Waals surface area contributed by atoms with E-state index in [9.17, 15) is 0 Å². The van der Waals surface area contributed by atoms with Crippen LogP contribution in [0, 0.1) is 23.7 Å². The van der Waals surface area contributed by atoms with Crippen molar-refractivity contribution in [3.8, 4) is 0 Å². The van der Waals surface area contributed by atoms with Gasteiger partial charge in [-0.05, 0) is 71.8 Å². The Morgan fingerprint density at radius 1 is 0.778 bits per heavy atom. The first-order chi connectivity index (χ1) is 12.3. The molecule has 156 valence electrons. The number of hydrogen-bond donors (Lipinski definition) is 0. The van der Waals surface area contributed by atoms with Crippen LogP contribution in [0.25, 0.3) is 0 Å². The molecule has 0 aromatic carbocycles. The van der Waals surface area contributed by atoms with Crippen molar-refractivity contribution in [2.24, 2.45) is 23.7 Å². The monoisotopic (exact) mass is 406 g/mol. The highest BCUT2D eigenvalue weighted by Gasteiger charge is 2.52. The van der Waals surface area contributed by atoms with Crippen molar-refractivity contribution in [3.05, 3.63) is 25.3 Å². The Hall–Kier alpha value is -0.126. The normalized spacial score (nSPS) is 32.3. The van der Waals surface area contributed by atoms with Crippen molar-refractivity contribution in [2.75, 3.05) is 0 Å². The predicted molar refractivity (Wildman–Crippen MR) is 126 cm³/mol. The maximum absolute atomic E-state index is 7.47. The summed E-state index contributed by atoms with van der Waals surface area (Å²) in [7, 11) is -3.66. The van der Waals surface area contributed by atoms with Gasteiger partial charge in [0.15, 0.2) is 16.6 Å². The molecule has 27 heavy (non-hydrogen) atoms. The zero-order chi connectivity index (χ0) is 20.7. The lowest BCUT2D eigenvalue weighted by Gasteiger charge is -2.50. The van der Waals surface area contributed by atoms with E-state index >= 15 is 0 Å². The van der Waals surface area contributed by atoms with Crippen LogP contribution in [-0.4, -0.2) is 16.6 Å². The lowest BCUT2D eigenvalue weighted by atomic mass is 10.2. The van der Waals surface area contributed by atoms with Crippen LogP contribution in [0.4, 0.5) is 0 Å². The van der Waals surface area contributed by atoms with Gasteiger partial charge in [0.1, 0.15) is 0 Å². The van der Waals surface area contributed by atoms with E-state index in [0.717, 1.165) is 23.7 Å². The molecule has 0 aromatic rings. The van der Waals surface area contributed by atoms with E-state index in [1.54, 1.807) is 0 Å². The molecule has 1 nitrogen and oxygen atoms in total. The van der Waals surface area contributed by atoms with E-state index in [1.165, 1.54) is 37.8 Å². The minimum atomic E-state index is -1.83. The van der Waals surface area contributed by atoms with Gasteiger partial charge in [0.05, 0.1) is 0 Å². The third kappa shape index (κ3) is 5.48. The topological polar surface area (TPSA) is 9.23 Å². The zero-order valence-corrected chi connectivity index (χ0v) is 21.5. The molecule has 6 atom stereocenters. The van der Waals surface area contributed by atoms with Gasteiger partial charge in [-0.15, -0.1) is 13.2 Å². The van der Waals surface area contributed by atoms with Gasteiger partial charge >= 0.3 is 0 Å². The first-order valence-corrected chi connectivity index (χ1v) is 16.4. The van der Waals surface area contributed by atoms with Gasteiger partial charge in [-0.2, -0.15) is 0 Å². The van der Waals surface area contributed by atoms with Crippen LogP contribution < -0.4 is 0 Å². The summed E-state index contributed by atoms with van der Waals surface area (Å²) in [6.45, 7) is 27.7. The van der Waals surface area contributed by atoms with Crippen molar-refractivity contribution in [1.82, 2.24) is 0 Å². The van der Waals surface area contributed by atoms with E-state index < -0.39 is 16.6 Å². The first-order valence-electron chi connectivity index (χ1n) is 11.2. The average Bonchev–Trinajstić information content (AvgIpc) is 3.43. The molecule has 2 aliphatic rings. The summed E-state index contributed by atoms with van der Waals surface area (Å²) in [5.74, 6) is 3.31. The van der Waals surface area contributed by atoms with Gasteiger partial charge in [0.25, 0.3) is 0 Å². The van der Waals surface area contributed by atoms with Gasteiger partial charge in [0.2, 0.25) is 0 Å². The maximum atomic E-state index is 7.47. The largest absolute Gasteiger partial charge is 0.454 e. The van der Waals surface area contributed by atoms with Crippen LogP contribution in [-0.2, 0) is 4.12 Å². The molecule has 0 amide bonds. The SMILES string of the molecule is C=CC1CC1CC[Si](C)(O[Si](C)(CCC1CC1C=C)C(C)(C)C)C(C)(C)C. The second-order valence-electron chi connectivity index (χ2n) is 11.9. The molecule has 0 saturated heterocycles. The summed E-state index contributed by atoms with van der Waals surface area (Å²) in [5, 5.41) is 0.572. The highest BCUT2D eigenvalue weighted by molar-refractivity contribution is 6.88. The third-order valence-corrected chi connectivity index (χ3v) is 20.6. The molecule has 2 fully saturated rings. The summed E-state index contributed by atoms with van der Waals surface area (Å²) in [4.78, 5) is 0. The van der Waals surface area contributed by atoms with E-state index in [2.05, 4.69) is 79.9 Å². The van der Waals surface area contributed by atoms with Gasteiger partial charge in [-0.25, -0.2) is 0 Å². The van der Waals surface area contributed by atoms with E-state index in [0.29, 0.717) is 0 Å². The van der Waals surface area contributed by atoms with E-state index in [4.69, 9.17) is 4.12 Å². The standard InChI is InChI=1S/C24H46OSi2/c1-11-19-17-21(19)13-15-26(9,23(3,4)5)25-27(10,24(6,7)8)16-14-22-18-20(22)12-2/h11-12,19-22H,1-2,13-18H2,3-10H3. The Bertz CT molecular complexity index is 496. The molecule has 0 radical (unpaired) electrons. The molecule has 0 spiro atoms. The minimum absolute atomic E-state index is 0.286. The summed E-state index contributed by atoms with van der Waals surface area (Å²) in [6, 6.07) is 2.62. The maximum Gasteiger partial charge on any atom is 0.182 e. The Balaban J connectivity index is 2.11. The van der Waals surface area contributed by atoms with Crippen molar-refractivity contribution in [1.29, 1.82) is 0 Å². The quantitative estimate of drug-likeness (QED) is 0.262. The first kappa shape index (κ1) is 23.2. The van der Waals surface area contributed by atoms with Crippen molar-refractivity contribution < 1.29 is 4.12 Å². The summed E-state index contributed by atoms with van der Waals surface area (Å²) < 4.78 is 7.47. The van der Waals surface area contributed by atoms with E-state index in [-0.39, 0.29) is 10.1 Å². The van der Waals surface area contributed by atoms with Gasteiger partial charge in [0, 0.05) is 0 Å². The molecule has 2 saturated carbocycles. The summed E-state index contributed by atoms with van der Waals surface area (Å²) >= 11 is 0. The highest BCUT2D eigenvalue weighted by atomic mass is 28.4. The molecule has 0 N–H and O–H groups in total. The molecule has 0 bridgehead atoms. The lowest BCUT2D eigenvalue weighted by Crippen LogP contribution is -2.57. The second kappa shape index (κ2) is 7.95. The third-order valence-electron chi connectivity index (χ3n) is 8.17. The van der Waals surface area contributed by atoms with Gasteiger partial charge in [-0.3, -0.25) is 0 Å². The Morgan fingerprint density at radius 2 is 1.11 bits per heavy atom. The van der Waals surface area contributed by atoms with Crippen LogP contribution in [0.1, 0.15) is 67.2 Å². The lowest BCUT2D eigenvalue weighted by molar-refractivity contribution is 0.424. The van der Waals surface area contributed by atoms with Gasteiger partial charge in [-0.1, -0.05) is 66.5 Å². The van der Waals surface area contributed by atoms with Crippen LogP contribution in [0.15, 0.2) is 25.3 Å². The molecule has 0 aliphatic heterocycles. The Morgan fingerprint density at radius 3 is 1.33 bits per heavy atom. The van der Waals surface area contributed by atoms with Crippen LogP contribution in [0.5, 0.6) is 0 Å². The fourth-order valence-corrected chi connectivity index (χ4v) is 14.9. The smallest absolute Gasteiger partial charge is 0.182 e. The average molecular weight is 407 g/mol. The fraction of sp³-hybridized carbons (Fsp3) is 0.833. The van der Waals surface area contributed by atoms with Gasteiger partial charge < -0.3 is 4.12 Å². The predicted octanol–water partition coefficient (Wildman–Crippen LogP) is 8.18. The summed E-state index contributed by atoms with van der Waals surface area (Å²) in [5.41, 5.74) is 0. The molecular weight excluding hydrogens is 360 g/mol. The molecular formula is C24H46OSi2. The Kier molecular flexibility index (Phi) is 6.82. The second-order valence-corrected chi connectivity index (χ2v) is 21.7. The molecule has 2 rings (SSSR count). The van der Waals surface area contributed by atoms with Crippen molar-refractivity contribution in [3.63, 3.8) is 0 Å². The summed E-state index contributed by atoms with van der Waals surface area (Å²) in [6.07, 6.45) is 9.73. The van der Waals surface area contributed by atoms with Crippen LogP contribution in [0.3, 0.4) is 0 Å². The fourth-order valence-electron chi connectivity index (χ4n) is 4.36. The Labute approximate surface area is 172 Å². The van der Waals surface area contributed by atoms with E-state index in [1.807, 2.05) is 0 Å². The molecule has 0 heterocycles.